The van der Waals surface area contributed by atoms with Gasteiger partial charge in [0, 0.05) is 11.4 Å². The number of hydrogen-bond acceptors (Lipinski definition) is 3. The Hall–Kier alpha value is -0.930. The number of phenolic OH excluding ortho intramolecular Hbond substituents is 2. The van der Waals surface area contributed by atoms with Crippen LogP contribution < -0.4 is 0 Å². The maximum absolute atomic E-state index is 10.9. The average Bonchev–Trinajstić information content (AvgIpc) is 2.13. The number of carbonyl (C=O) groups is 1. The summed E-state index contributed by atoms with van der Waals surface area (Å²) in [7, 11) is 0. The number of carbonyl (C=O) groups excluding carboxylic acids is 1. The normalized spacial score (nSPS) is 12.4. The van der Waals surface area contributed by atoms with E-state index in [0.717, 1.165) is 0 Å². The van der Waals surface area contributed by atoms with E-state index in [1.54, 1.807) is 0 Å². The number of phenols is 2. The SMILES string of the molecule is O=C(Cl)C(CCl)c1cccc(O)c1O. The van der Waals surface area contributed by atoms with E-state index in [0.29, 0.717) is 0 Å². The number of benzene rings is 1. The lowest BCUT2D eigenvalue weighted by atomic mass is 10.0. The van der Waals surface area contributed by atoms with Crippen molar-refractivity contribution in [1.82, 2.24) is 0 Å². The molecule has 76 valence electrons. The molecule has 14 heavy (non-hydrogen) atoms. The quantitative estimate of drug-likeness (QED) is 0.479. The van der Waals surface area contributed by atoms with Crippen LogP contribution in [0.15, 0.2) is 18.2 Å². The van der Waals surface area contributed by atoms with Gasteiger partial charge >= 0.3 is 0 Å². The van der Waals surface area contributed by atoms with Crippen molar-refractivity contribution in [2.45, 2.75) is 5.92 Å². The Kier molecular flexibility index (Phi) is 3.61. The number of rotatable bonds is 3. The Bertz CT molecular complexity index is 352. The highest BCUT2D eigenvalue weighted by Crippen LogP contribution is 2.34. The summed E-state index contributed by atoms with van der Waals surface area (Å²) in [6.45, 7) is 0. The third-order valence-electron chi connectivity index (χ3n) is 1.85. The molecular weight excluding hydrogens is 227 g/mol. The van der Waals surface area contributed by atoms with Gasteiger partial charge in [-0.05, 0) is 17.7 Å². The highest BCUT2D eigenvalue weighted by molar-refractivity contribution is 6.65. The number of hydrogen-bond donors (Lipinski definition) is 2. The Morgan fingerprint density at radius 1 is 1.43 bits per heavy atom. The van der Waals surface area contributed by atoms with E-state index in [-0.39, 0.29) is 22.9 Å². The molecular formula is C9H8Cl2O3. The summed E-state index contributed by atoms with van der Waals surface area (Å²) in [6, 6.07) is 4.30. The number of halogens is 2. The molecule has 0 bridgehead atoms. The van der Waals surface area contributed by atoms with E-state index >= 15 is 0 Å². The van der Waals surface area contributed by atoms with Crippen LogP contribution in [0.4, 0.5) is 0 Å². The van der Waals surface area contributed by atoms with Crippen molar-refractivity contribution >= 4 is 28.4 Å². The zero-order valence-corrected chi connectivity index (χ0v) is 8.59. The Morgan fingerprint density at radius 2 is 2.07 bits per heavy atom. The van der Waals surface area contributed by atoms with Gasteiger partial charge in [-0.15, -0.1) is 11.6 Å². The molecule has 0 saturated heterocycles. The van der Waals surface area contributed by atoms with Crippen LogP contribution in [0.1, 0.15) is 11.5 Å². The third-order valence-corrected chi connectivity index (χ3v) is 2.42. The predicted molar refractivity (Wildman–Crippen MR) is 54.1 cm³/mol. The molecule has 1 rings (SSSR count). The van der Waals surface area contributed by atoms with Gasteiger partial charge in [0.2, 0.25) is 5.24 Å². The Labute approximate surface area is 90.9 Å². The topological polar surface area (TPSA) is 57.5 Å². The fourth-order valence-corrected chi connectivity index (χ4v) is 1.68. The second-order valence-corrected chi connectivity index (χ2v) is 3.41. The van der Waals surface area contributed by atoms with E-state index in [1.165, 1.54) is 18.2 Å². The lowest BCUT2D eigenvalue weighted by Crippen LogP contribution is -2.08. The molecule has 3 nitrogen and oxygen atoms in total. The van der Waals surface area contributed by atoms with Gasteiger partial charge in [0.05, 0.1) is 5.92 Å². The van der Waals surface area contributed by atoms with Gasteiger partial charge in [-0.3, -0.25) is 4.79 Å². The molecule has 0 aliphatic rings. The van der Waals surface area contributed by atoms with Crippen molar-refractivity contribution in [2.24, 2.45) is 0 Å². The average molecular weight is 235 g/mol. The lowest BCUT2D eigenvalue weighted by Gasteiger charge is -2.11. The summed E-state index contributed by atoms with van der Waals surface area (Å²) in [4.78, 5) is 10.9. The monoisotopic (exact) mass is 234 g/mol. The summed E-state index contributed by atoms with van der Waals surface area (Å²) in [5.74, 6) is -1.49. The maximum Gasteiger partial charge on any atom is 0.230 e. The molecule has 1 aromatic rings. The predicted octanol–water partition coefficient (Wildman–Crippen LogP) is 2.19. The summed E-state index contributed by atoms with van der Waals surface area (Å²) < 4.78 is 0. The molecule has 0 amide bonds. The van der Waals surface area contributed by atoms with E-state index in [1.807, 2.05) is 0 Å². The van der Waals surface area contributed by atoms with E-state index in [2.05, 4.69) is 0 Å². The molecule has 2 N–H and O–H groups in total. The molecule has 0 spiro atoms. The fourth-order valence-electron chi connectivity index (χ4n) is 1.10. The first-order chi connectivity index (χ1) is 6.57. The van der Waals surface area contributed by atoms with Crippen molar-refractivity contribution in [2.75, 3.05) is 5.88 Å². The Morgan fingerprint density at radius 3 is 2.57 bits per heavy atom. The fraction of sp³-hybridized carbons (Fsp3) is 0.222. The summed E-state index contributed by atoms with van der Waals surface area (Å²) >= 11 is 10.8. The first kappa shape index (κ1) is 11.1. The highest BCUT2D eigenvalue weighted by atomic mass is 35.5. The molecule has 0 saturated carbocycles. The van der Waals surface area contributed by atoms with Gasteiger partial charge < -0.3 is 10.2 Å². The van der Waals surface area contributed by atoms with E-state index in [4.69, 9.17) is 23.2 Å². The maximum atomic E-state index is 10.9. The molecule has 0 aliphatic carbocycles. The van der Waals surface area contributed by atoms with Crippen molar-refractivity contribution < 1.29 is 15.0 Å². The van der Waals surface area contributed by atoms with Gasteiger partial charge in [-0.2, -0.15) is 0 Å². The zero-order valence-electron chi connectivity index (χ0n) is 7.08. The molecule has 5 heteroatoms. The van der Waals surface area contributed by atoms with Gasteiger partial charge in [-0.25, -0.2) is 0 Å². The van der Waals surface area contributed by atoms with Gasteiger partial charge in [0.1, 0.15) is 0 Å². The van der Waals surface area contributed by atoms with Gasteiger partial charge in [-0.1, -0.05) is 12.1 Å². The number of alkyl halides is 1. The van der Waals surface area contributed by atoms with Crippen LogP contribution in [-0.4, -0.2) is 21.3 Å². The van der Waals surface area contributed by atoms with Gasteiger partial charge in [0.25, 0.3) is 0 Å². The largest absolute Gasteiger partial charge is 0.504 e. The summed E-state index contributed by atoms with van der Waals surface area (Å²) in [5, 5.41) is 17.9. The number of para-hydroxylation sites is 1. The molecule has 0 radical (unpaired) electrons. The number of aromatic hydroxyl groups is 2. The van der Waals surface area contributed by atoms with Crippen LogP contribution in [0.25, 0.3) is 0 Å². The van der Waals surface area contributed by atoms with Crippen molar-refractivity contribution in [3.05, 3.63) is 23.8 Å². The van der Waals surface area contributed by atoms with Crippen LogP contribution in [0.2, 0.25) is 0 Å². The molecule has 1 unspecified atom stereocenters. The van der Waals surface area contributed by atoms with Crippen LogP contribution in [0.5, 0.6) is 11.5 Å². The minimum absolute atomic E-state index is 0.0423. The summed E-state index contributed by atoms with van der Waals surface area (Å²) in [5.41, 5.74) is 0.236. The van der Waals surface area contributed by atoms with Gasteiger partial charge in [0.15, 0.2) is 11.5 Å². The van der Waals surface area contributed by atoms with Crippen LogP contribution in [0, 0.1) is 0 Å². The second kappa shape index (κ2) is 4.53. The minimum Gasteiger partial charge on any atom is -0.504 e. The highest BCUT2D eigenvalue weighted by Gasteiger charge is 2.22. The Balaban J connectivity index is 3.16. The third kappa shape index (κ3) is 2.11. The molecule has 0 aliphatic heterocycles. The van der Waals surface area contributed by atoms with Crippen molar-refractivity contribution in [3.8, 4) is 11.5 Å². The summed E-state index contributed by atoms with van der Waals surface area (Å²) in [6.07, 6.45) is 0. The van der Waals surface area contributed by atoms with Crippen LogP contribution >= 0.6 is 23.2 Å². The first-order valence-electron chi connectivity index (χ1n) is 3.84. The van der Waals surface area contributed by atoms with Crippen molar-refractivity contribution in [1.29, 1.82) is 0 Å². The smallest absolute Gasteiger partial charge is 0.230 e. The molecule has 1 atom stereocenters. The standard InChI is InChI=1S/C9H8Cl2O3/c10-4-6(9(11)14)5-2-1-3-7(12)8(5)13/h1-3,6,12-13H,4H2. The van der Waals surface area contributed by atoms with Crippen molar-refractivity contribution in [3.63, 3.8) is 0 Å². The second-order valence-electron chi connectivity index (χ2n) is 2.73. The van der Waals surface area contributed by atoms with Crippen LogP contribution in [0.3, 0.4) is 0 Å². The van der Waals surface area contributed by atoms with E-state index < -0.39 is 11.2 Å². The molecule has 0 aromatic heterocycles. The minimum atomic E-state index is -0.801. The van der Waals surface area contributed by atoms with Crippen LogP contribution in [-0.2, 0) is 4.79 Å². The molecule has 0 heterocycles. The molecule has 0 fully saturated rings. The zero-order chi connectivity index (χ0) is 10.7. The molecule has 1 aromatic carbocycles. The van der Waals surface area contributed by atoms with E-state index in [9.17, 15) is 15.0 Å². The lowest BCUT2D eigenvalue weighted by molar-refractivity contribution is -0.112. The first-order valence-corrected chi connectivity index (χ1v) is 4.75.